The van der Waals surface area contributed by atoms with Crippen molar-refractivity contribution in [2.75, 3.05) is 25.4 Å². The number of aliphatic carboxylic acids is 1. The molecule has 1 heterocycles. The summed E-state index contributed by atoms with van der Waals surface area (Å²) in [7, 11) is 0. The van der Waals surface area contributed by atoms with Crippen molar-refractivity contribution in [2.45, 2.75) is 32.1 Å². The fraction of sp³-hybridized carbons (Fsp3) is 0.750. The van der Waals surface area contributed by atoms with Gasteiger partial charge in [-0.05, 0) is 12.8 Å². The number of nitrogens with zero attached hydrogens (tertiary/aromatic N) is 1. The van der Waals surface area contributed by atoms with Crippen LogP contribution in [-0.4, -0.2) is 52.5 Å². The Morgan fingerprint density at radius 3 is 2.68 bits per heavy atom. The van der Waals surface area contributed by atoms with E-state index in [2.05, 4.69) is 5.32 Å². The second-order valence-corrected chi connectivity index (χ2v) is 5.45. The molecule has 0 radical (unpaired) electrons. The molecule has 0 unspecified atom stereocenters. The Balaban J connectivity index is 1.96. The number of nitrogens with one attached hydrogen (secondary N) is 1. The largest absolute Gasteiger partial charge is 0.481 e. The molecule has 7 heteroatoms. The first kappa shape index (κ1) is 15.8. The van der Waals surface area contributed by atoms with E-state index >= 15 is 0 Å². The lowest BCUT2D eigenvalue weighted by atomic mass is 10.2. The zero-order valence-electron chi connectivity index (χ0n) is 10.9. The van der Waals surface area contributed by atoms with E-state index in [0.717, 1.165) is 25.1 Å². The topological polar surface area (TPSA) is 86.7 Å². The number of rotatable bonds is 9. The van der Waals surface area contributed by atoms with Crippen LogP contribution < -0.4 is 5.32 Å². The van der Waals surface area contributed by atoms with E-state index in [-0.39, 0.29) is 17.6 Å². The number of thioether (sulfide) groups is 1. The van der Waals surface area contributed by atoms with Gasteiger partial charge < -0.3 is 15.3 Å². The lowest BCUT2D eigenvalue weighted by molar-refractivity contribution is -0.137. The summed E-state index contributed by atoms with van der Waals surface area (Å²) in [6.45, 7) is 1.78. The van der Waals surface area contributed by atoms with Crippen LogP contribution in [-0.2, 0) is 9.59 Å². The summed E-state index contributed by atoms with van der Waals surface area (Å²) in [6.07, 6.45) is 2.75. The van der Waals surface area contributed by atoms with Crippen LogP contribution in [0.3, 0.4) is 0 Å². The summed E-state index contributed by atoms with van der Waals surface area (Å²) in [5.74, 6) is -0.0237. The van der Waals surface area contributed by atoms with Crippen LogP contribution >= 0.6 is 11.8 Å². The van der Waals surface area contributed by atoms with E-state index < -0.39 is 5.97 Å². The molecule has 2 amide bonds. The summed E-state index contributed by atoms with van der Waals surface area (Å²) in [5, 5.41) is 11.3. The van der Waals surface area contributed by atoms with Crippen LogP contribution in [0.25, 0.3) is 0 Å². The van der Waals surface area contributed by atoms with Gasteiger partial charge in [0.05, 0.1) is 0 Å². The van der Waals surface area contributed by atoms with Gasteiger partial charge in [0, 0.05) is 38.2 Å². The van der Waals surface area contributed by atoms with Crippen molar-refractivity contribution < 1.29 is 19.5 Å². The molecule has 1 rings (SSSR count). The predicted octanol–water partition coefficient (Wildman–Crippen LogP) is 1.31. The minimum atomic E-state index is -0.780. The Morgan fingerprint density at radius 2 is 2.05 bits per heavy atom. The van der Waals surface area contributed by atoms with E-state index in [4.69, 9.17) is 5.11 Å². The van der Waals surface area contributed by atoms with Crippen LogP contribution in [0.2, 0.25) is 0 Å². The first-order chi connectivity index (χ1) is 9.09. The fourth-order valence-electron chi connectivity index (χ4n) is 1.76. The Kier molecular flexibility index (Phi) is 7.32. The maximum Gasteiger partial charge on any atom is 0.303 e. The van der Waals surface area contributed by atoms with Crippen molar-refractivity contribution in [3.05, 3.63) is 0 Å². The molecule has 1 aliphatic rings. The summed E-state index contributed by atoms with van der Waals surface area (Å²) < 4.78 is 0. The molecule has 0 aromatic carbocycles. The number of hydrogen-bond acceptors (Lipinski definition) is 4. The normalized spacial score (nSPS) is 14.7. The molecule has 0 aliphatic carbocycles. The predicted molar refractivity (Wildman–Crippen MR) is 73.2 cm³/mol. The summed E-state index contributed by atoms with van der Waals surface area (Å²) in [5.41, 5.74) is 0. The van der Waals surface area contributed by atoms with Crippen LogP contribution in [0, 0.1) is 0 Å². The first-order valence-electron chi connectivity index (χ1n) is 6.50. The second kappa shape index (κ2) is 8.79. The van der Waals surface area contributed by atoms with Crippen molar-refractivity contribution in [3.8, 4) is 0 Å². The highest BCUT2D eigenvalue weighted by Crippen LogP contribution is 2.16. The van der Waals surface area contributed by atoms with Crippen molar-refractivity contribution in [2.24, 2.45) is 0 Å². The minimum Gasteiger partial charge on any atom is -0.481 e. The standard InChI is InChI=1S/C12H20N2O4S/c15-10(5-7-14-8-9-19-12(14)18)13-6-3-1-2-4-11(16)17/h1-9H2,(H,13,15)(H,16,17). The molecule has 1 fully saturated rings. The molecule has 6 nitrogen and oxygen atoms in total. The maximum atomic E-state index is 11.5. The van der Waals surface area contributed by atoms with Gasteiger partial charge in [-0.25, -0.2) is 0 Å². The van der Waals surface area contributed by atoms with Crippen LogP contribution in [0.4, 0.5) is 4.79 Å². The number of carbonyl (C=O) groups is 3. The van der Waals surface area contributed by atoms with E-state index in [1.54, 1.807) is 4.90 Å². The second-order valence-electron chi connectivity index (χ2n) is 4.41. The van der Waals surface area contributed by atoms with Gasteiger partial charge in [-0.15, -0.1) is 0 Å². The molecule has 1 saturated heterocycles. The third-order valence-electron chi connectivity index (χ3n) is 2.84. The molecule has 108 valence electrons. The third-order valence-corrected chi connectivity index (χ3v) is 3.74. The highest BCUT2D eigenvalue weighted by molar-refractivity contribution is 8.13. The monoisotopic (exact) mass is 288 g/mol. The zero-order valence-corrected chi connectivity index (χ0v) is 11.7. The number of carboxylic acid groups (broad SMARTS) is 1. The molecule has 0 aromatic rings. The zero-order chi connectivity index (χ0) is 14.1. The quantitative estimate of drug-likeness (QED) is 0.625. The average Bonchev–Trinajstić information content (AvgIpc) is 2.76. The van der Waals surface area contributed by atoms with Gasteiger partial charge in [0.2, 0.25) is 5.91 Å². The highest BCUT2D eigenvalue weighted by Gasteiger charge is 2.21. The van der Waals surface area contributed by atoms with Gasteiger partial charge in [-0.3, -0.25) is 14.4 Å². The number of amides is 2. The van der Waals surface area contributed by atoms with E-state index in [1.165, 1.54) is 11.8 Å². The van der Waals surface area contributed by atoms with Gasteiger partial charge in [0.25, 0.3) is 5.24 Å². The fourth-order valence-corrected chi connectivity index (χ4v) is 2.61. The summed E-state index contributed by atoms with van der Waals surface area (Å²) >= 11 is 1.29. The Morgan fingerprint density at radius 1 is 1.26 bits per heavy atom. The Labute approximate surface area is 116 Å². The summed E-state index contributed by atoms with van der Waals surface area (Å²) in [4.78, 5) is 34.7. The molecule has 0 saturated carbocycles. The Hall–Kier alpha value is -1.24. The van der Waals surface area contributed by atoms with Crippen molar-refractivity contribution in [1.82, 2.24) is 10.2 Å². The highest BCUT2D eigenvalue weighted by atomic mass is 32.2. The van der Waals surface area contributed by atoms with Crippen LogP contribution in [0.1, 0.15) is 32.1 Å². The number of hydrogen-bond donors (Lipinski definition) is 2. The lowest BCUT2D eigenvalue weighted by Crippen LogP contribution is -2.31. The van der Waals surface area contributed by atoms with Crippen molar-refractivity contribution in [3.63, 3.8) is 0 Å². The van der Waals surface area contributed by atoms with Crippen molar-refractivity contribution in [1.29, 1.82) is 0 Å². The maximum absolute atomic E-state index is 11.5. The molecule has 1 aliphatic heterocycles. The summed E-state index contributed by atoms with van der Waals surface area (Å²) in [6, 6.07) is 0. The molecule has 0 spiro atoms. The van der Waals surface area contributed by atoms with Gasteiger partial charge >= 0.3 is 5.97 Å². The van der Waals surface area contributed by atoms with Crippen LogP contribution in [0.15, 0.2) is 0 Å². The number of unbranched alkanes of at least 4 members (excludes halogenated alkanes) is 2. The van der Waals surface area contributed by atoms with Gasteiger partial charge in [-0.1, -0.05) is 18.2 Å². The number of carboxylic acids is 1. The SMILES string of the molecule is O=C(O)CCCCCNC(=O)CCN1CCSC1=O. The molecule has 0 bridgehead atoms. The van der Waals surface area contributed by atoms with Crippen molar-refractivity contribution >= 4 is 28.9 Å². The number of carbonyl (C=O) groups excluding carboxylic acids is 2. The van der Waals surface area contributed by atoms with Gasteiger partial charge in [0.15, 0.2) is 0 Å². The first-order valence-corrected chi connectivity index (χ1v) is 7.48. The Bertz CT molecular complexity index is 336. The molecular weight excluding hydrogens is 268 g/mol. The van der Waals surface area contributed by atoms with Crippen LogP contribution in [0.5, 0.6) is 0 Å². The minimum absolute atomic E-state index is 0.0528. The van der Waals surface area contributed by atoms with E-state index in [0.29, 0.717) is 25.9 Å². The van der Waals surface area contributed by atoms with E-state index in [9.17, 15) is 14.4 Å². The van der Waals surface area contributed by atoms with Gasteiger partial charge in [-0.2, -0.15) is 0 Å². The molecular formula is C12H20N2O4S. The molecule has 0 atom stereocenters. The smallest absolute Gasteiger partial charge is 0.303 e. The molecule has 2 N–H and O–H groups in total. The van der Waals surface area contributed by atoms with E-state index in [1.807, 2.05) is 0 Å². The third kappa shape index (κ3) is 7.05. The lowest BCUT2D eigenvalue weighted by Gasteiger charge is -2.13. The molecule has 19 heavy (non-hydrogen) atoms. The average molecular weight is 288 g/mol. The van der Waals surface area contributed by atoms with Gasteiger partial charge in [0.1, 0.15) is 0 Å². The molecule has 0 aromatic heterocycles.